The lowest BCUT2D eigenvalue weighted by atomic mass is 9.97. The van der Waals surface area contributed by atoms with Gasteiger partial charge in [-0.3, -0.25) is 4.90 Å². The SMILES string of the molecule is Cc1ccc(C)c(C(N)CN2CCCC2(C)C)c1. The Hall–Kier alpha value is -0.860. The molecule has 1 aromatic carbocycles. The van der Waals surface area contributed by atoms with Crippen LogP contribution < -0.4 is 5.73 Å². The Morgan fingerprint density at radius 2 is 2.06 bits per heavy atom. The third-order valence-electron chi connectivity index (χ3n) is 4.32. The van der Waals surface area contributed by atoms with Crippen LogP contribution in [0.2, 0.25) is 0 Å². The number of hydrogen-bond acceptors (Lipinski definition) is 2. The van der Waals surface area contributed by atoms with Crippen LogP contribution in [0.1, 0.15) is 49.4 Å². The van der Waals surface area contributed by atoms with E-state index in [0.717, 1.165) is 6.54 Å². The summed E-state index contributed by atoms with van der Waals surface area (Å²) >= 11 is 0. The standard InChI is InChI=1S/C16H26N2/c1-12-6-7-13(2)14(10-12)15(17)11-18-9-5-8-16(18,3)4/h6-7,10,15H,5,8-9,11,17H2,1-4H3. The molecule has 0 saturated carbocycles. The van der Waals surface area contributed by atoms with E-state index in [0.29, 0.717) is 5.54 Å². The first kappa shape index (κ1) is 13.6. The number of aryl methyl sites for hydroxylation is 2. The molecule has 0 spiro atoms. The number of rotatable bonds is 3. The predicted octanol–water partition coefficient (Wildman–Crippen LogP) is 3.18. The molecule has 1 aromatic rings. The highest BCUT2D eigenvalue weighted by Gasteiger charge is 2.32. The zero-order chi connectivity index (χ0) is 13.3. The van der Waals surface area contributed by atoms with Gasteiger partial charge >= 0.3 is 0 Å². The molecule has 1 aliphatic heterocycles. The third kappa shape index (κ3) is 2.76. The van der Waals surface area contributed by atoms with Gasteiger partial charge in [0.05, 0.1) is 0 Å². The first-order chi connectivity index (χ1) is 8.40. The molecule has 0 radical (unpaired) electrons. The van der Waals surface area contributed by atoms with Gasteiger partial charge in [0.1, 0.15) is 0 Å². The molecular weight excluding hydrogens is 220 g/mol. The van der Waals surface area contributed by atoms with Crippen LogP contribution in [-0.4, -0.2) is 23.5 Å². The Morgan fingerprint density at radius 1 is 1.33 bits per heavy atom. The van der Waals surface area contributed by atoms with Crippen molar-refractivity contribution in [1.82, 2.24) is 4.90 Å². The van der Waals surface area contributed by atoms with Crippen molar-refractivity contribution in [3.63, 3.8) is 0 Å². The molecule has 0 aromatic heterocycles. The summed E-state index contributed by atoms with van der Waals surface area (Å²) in [5.74, 6) is 0. The van der Waals surface area contributed by atoms with Gasteiger partial charge in [-0.2, -0.15) is 0 Å². The minimum atomic E-state index is 0.127. The zero-order valence-corrected chi connectivity index (χ0v) is 12.2. The first-order valence-electron chi connectivity index (χ1n) is 6.98. The Kier molecular flexibility index (Phi) is 3.79. The van der Waals surface area contributed by atoms with E-state index in [1.165, 1.54) is 36.1 Å². The Morgan fingerprint density at radius 3 is 2.67 bits per heavy atom. The average Bonchev–Trinajstić information content (AvgIpc) is 2.62. The van der Waals surface area contributed by atoms with Crippen LogP contribution in [0.25, 0.3) is 0 Å². The van der Waals surface area contributed by atoms with Crippen molar-refractivity contribution >= 4 is 0 Å². The van der Waals surface area contributed by atoms with Crippen molar-refractivity contribution < 1.29 is 0 Å². The van der Waals surface area contributed by atoms with Gasteiger partial charge in [-0.15, -0.1) is 0 Å². The van der Waals surface area contributed by atoms with E-state index < -0.39 is 0 Å². The van der Waals surface area contributed by atoms with E-state index in [2.05, 4.69) is 50.8 Å². The lowest BCUT2D eigenvalue weighted by molar-refractivity contribution is 0.165. The second-order valence-corrected chi connectivity index (χ2v) is 6.33. The van der Waals surface area contributed by atoms with Crippen LogP contribution >= 0.6 is 0 Å². The summed E-state index contributed by atoms with van der Waals surface area (Å²) in [6.45, 7) is 11.1. The Balaban J connectivity index is 2.12. The Labute approximate surface area is 111 Å². The van der Waals surface area contributed by atoms with Crippen molar-refractivity contribution in [2.75, 3.05) is 13.1 Å². The van der Waals surface area contributed by atoms with Gasteiger partial charge in [0.2, 0.25) is 0 Å². The lowest BCUT2D eigenvalue weighted by Crippen LogP contribution is -2.42. The molecule has 1 heterocycles. The first-order valence-corrected chi connectivity index (χ1v) is 6.98. The van der Waals surface area contributed by atoms with Gasteiger partial charge in [-0.25, -0.2) is 0 Å². The number of hydrogen-bond donors (Lipinski definition) is 1. The fraction of sp³-hybridized carbons (Fsp3) is 0.625. The van der Waals surface area contributed by atoms with Gasteiger partial charge in [-0.05, 0) is 58.2 Å². The highest BCUT2D eigenvalue weighted by molar-refractivity contribution is 5.33. The summed E-state index contributed by atoms with van der Waals surface area (Å²) in [5.41, 5.74) is 10.7. The summed E-state index contributed by atoms with van der Waals surface area (Å²) in [6, 6.07) is 6.70. The molecule has 2 nitrogen and oxygen atoms in total. The molecule has 100 valence electrons. The molecule has 0 aliphatic carbocycles. The maximum atomic E-state index is 6.42. The van der Waals surface area contributed by atoms with E-state index in [-0.39, 0.29) is 6.04 Å². The van der Waals surface area contributed by atoms with Crippen LogP contribution in [0.4, 0.5) is 0 Å². The van der Waals surface area contributed by atoms with E-state index in [9.17, 15) is 0 Å². The summed E-state index contributed by atoms with van der Waals surface area (Å²) in [5, 5.41) is 0. The molecule has 2 heteroatoms. The molecule has 2 N–H and O–H groups in total. The fourth-order valence-corrected chi connectivity index (χ4v) is 3.00. The maximum absolute atomic E-state index is 6.42. The molecule has 0 bridgehead atoms. The normalized spacial score (nSPS) is 21.2. The second kappa shape index (κ2) is 5.02. The molecule has 1 aliphatic rings. The number of likely N-dealkylation sites (tertiary alicyclic amines) is 1. The van der Waals surface area contributed by atoms with Crippen molar-refractivity contribution in [2.45, 2.75) is 52.1 Å². The fourth-order valence-electron chi connectivity index (χ4n) is 3.00. The molecule has 0 amide bonds. The minimum Gasteiger partial charge on any atom is -0.323 e. The van der Waals surface area contributed by atoms with E-state index in [1.54, 1.807) is 0 Å². The van der Waals surface area contributed by atoms with Crippen molar-refractivity contribution in [1.29, 1.82) is 0 Å². The topological polar surface area (TPSA) is 29.3 Å². The predicted molar refractivity (Wildman–Crippen MR) is 77.7 cm³/mol. The molecule has 1 atom stereocenters. The summed E-state index contributed by atoms with van der Waals surface area (Å²) in [6.07, 6.45) is 2.58. The largest absolute Gasteiger partial charge is 0.323 e. The van der Waals surface area contributed by atoms with Gasteiger partial charge in [0.25, 0.3) is 0 Å². The van der Waals surface area contributed by atoms with Crippen LogP contribution in [0, 0.1) is 13.8 Å². The van der Waals surface area contributed by atoms with Gasteiger partial charge in [-0.1, -0.05) is 23.8 Å². The highest BCUT2D eigenvalue weighted by atomic mass is 15.2. The Bertz CT molecular complexity index is 423. The third-order valence-corrected chi connectivity index (χ3v) is 4.32. The van der Waals surface area contributed by atoms with Crippen LogP contribution in [0.5, 0.6) is 0 Å². The number of nitrogens with zero attached hydrogens (tertiary/aromatic N) is 1. The van der Waals surface area contributed by atoms with E-state index in [1.807, 2.05) is 0 Å². The molecule has 1 fully saturated rings. The molecule has 1 saturated heterocycles. The van der Waals surface area contributed by atoms with Crippen LogP contribution in [-0.2, 0) is 0 Å². The summed E-state index contributed by atoms with van der Waals surface area (Å²) in [4.78, 5) is 2.54. The van der Waals surface area contributed by atoms with Gasteiger partial charge < -0.3 is 5.73 Å². The molecule has 2 rings (SSSR count). The second-order valence-electron chi connectivity index (χ2n) is 6.33. The van der Waals surface area contributed by atoms with Crippen molar-refractivity contribution in [3.8, 4) is 0 Å². The van der Waals surface area contributed by atoms with Crippen LogP contribution in [0.15, 0.2) is 18.2 Å². The average molecular weight is 246 g/mol. The number of nitrogens with two attached hydrogens (primary N) is 1. The minimum absolute atomic E-state index is 0.127. The molecule has 1 unspecified atom stereocenters. The zero-order valence-electron chi connectivity index (χ0n) is 12.2. The maximum Gasteiger partial charge on any atom is 0.0427 e. The number of benzene rings is 1. The van der Waals surface area contributed by atoms with Crippen molar-refractivity contribution in [3.05, 3.63) is 34.9 Å². The smallest absolute Gasteiger partial charge is 0.0427 e. The summed E-state index contributed by atoms with van der Waals surface area (Å²) < 4.78 is 0. The molecular formula is C16H26N2. The van der Waals surface area contributed by atoms with Gasteiger partial charge in [0, 0.05) is 18.1 Å². The van der Waals surface area contributed by atoms with Gasteiger partial charge in [0.15, 0.2) is 0 Å². The van der Waals surface area contributed by atoms with E-state index >= 15 is 0 Å². The van der Waals surface area contributed by atoms with Crippen LogP contribution in [0.3, 0.4) is 0 Å². The quantitative estimate of drug-likeness (QED) is 0.887. The van der Waals surface area contributed by atoms with Crippen molar-refractivity contribution in [2.24, 2.45) is 5.73 Å². The molecule has 18 heavy (non-hydrogen) atoms. The highest BCUT2D eigenvalue weighted by Crippen LogP contribution is 2.30. The summed E-state index contributed by atoms with van der Waals surface area (Å²) in [7, 11) is 0. The lowest BCUT2D eigenvalue weighted by Gasteiger charge is -2.34. The van der Waals surface area contributed by atoms with E-state index in [4.69, 9.17) is 5.73 Å². The monoisotopic (exact) mass is 246 g/mol.